The van der Waals surface area contributed by atoms with Crippen molar-refractivity contribution in [2.75, 3.05) is 11.9 Å². The predicted octanol–water partition coefficient (Wildman–Crippen LogP) is 4.06. The molecule has 0 saturated heterocycles. The fraction of sp³-hybridized carbons (Fsp3) is 0.200. The van der Waals surface area contributed by atoms with E-state index in [9.17, 15) is 9.90 Å². The molecular formula is C25H25N3O3. The highest BCUT2D eigenvalue weighted by Gasteiger charge is 2.12. The van der Waals surface area contributed by atoms with E-state index in [-0.39, 0.29) is 18.7 Å². The summed E-state index contributed by atoms with van der Waals surface area (Å²) in [7, 11) is 0. The maximum atomic E-state index is 12.4. The van der Waals surface area contributed by atoms with Crippen LogP contribution in [0.2, 0.25) is 0 Å². The minimum Gasteiger partial charge on any atom is -0.489 e. The number of aliphatic hydroxyl groups is 1. The maximum Gasteiger partial charge on any atom is 0.319 e. The molecular weight excluding hydrogens is 390 g/mol. The Morgan fingerprint density at radius 1 is 0.968 bits per heavy atom. The Balaban J connectivity index is 1.52. The third-order valence-electron chi connectivity index (χ3n) is 4.68. The number of urea groups is 1. The molecule has 31 heavy (non-hydrogen) atoms. The predicted molar refractivity (Wildman–Crippen MR) is 120 cm³/mol. The molecule has 0 radical (unpaired) electrons. The first-order valence-corrected chi connectivity index (χ1v) is 10.1. The molecule has 0 fully saturated rings. The standard InChI is InChI=1S/C25H25N3O3/c26-14-13-19-9-11-24(12-10-19)31-18-21-7-4-8-22(16-21)27-25(30)28-23(17-29)15-20-5-2-1-3-6-20/h1-12,16,23,29H,13,15,17-18H2,(H2,27,28,30). The van der Waals surface area contributed by atoms with Crippen molar-refractivity contribution in [3.63, 3.8) is 0 Å². The summed E-state index contributed by atoms with van der Waals surface area (Å²) in [5.74, 6) is 0.712. The Kier molecular flexibility index (Phi) is 8.04. The molecule has 1 unspecified atom stereocenters. The van der Waals surface area contributed by atoms with E-state index in [1.807, 2.05) is 72.8 Å². The SMILES string of the molecule is N#CCc1ccc(OCc2cccc(NC(=O)NC(CO)Cc3ccccc3)c2)cc1. The molecule has 0 spiro atoms. The molecule has 3 N–H and O–H groups in total. The molecule has 6 heteroatoms. The molecule has 0 aliphatic carbocycles. The highest BCUT2D eigenvalue weighted by molar-refractivity contribution is 5.89. The number of nitrogens with one attached hydrogen (secondary N) is 2. The summed E-state index contributed by atoms with van der Waals surface area (Å²) in [6, 6.07) is 25.9. The number of hydrogen-bond donors (Lipinski definition) is 3. The lowest BCUT2D eigenvalue weighted by Crippen LogP contribution is -2.41. The third kappa shape index (κ3) is 7.18. The van der Waals surface area contributed by atoms with E-state index in [4.69, 9.17) is 10.00 Å². The zero-order chi connectivity index (χ0) is 21.9. The van der Waals surface area contributed by atoms with E-state index >= 15 is 0 Å². The number of ether oxygens (including phenoxy) is 1. The second kappa shape index (κ2) is 11.4. The van der Waals surface area contributed by atoms with Crippen LogP contribution in [0.3, 0.4) is 0 Å². The van der Waals surface area contributed by atoms with Crippen LogP contribution in [0.25, 0.3) is 0 Å². The van der Waals surface area contributed by atoms with Crippen molar-refractivity contribution in [1.29, 1.82) is 5.26 Å². The van der Waals surface area contributed by atoms with Crippen molar-refractivity contribution < 1.29 is 14.6 Å². The van der Waals surface area contributed by atoms with E-state index in [1.54, 1.807) is 6.07 Å². The van der Waals surface area contributed by atoms with E-state index in [0.717, 1.165) is 16.7 Å². The molecule has 3 aromatic rings. The Labute approximate surface area is 182 Å². The molecule has 158 valence electrons. The van der Waals surface area contributed by atoms with Crippen LogP contribution in [0.1, 0.15) is 16.7 Å². The van der Waals surface area contributed by atoms with Crippen LogP contribution in [0, 0.1) is 11.3 Å². The van der Waals surface area contributed by atoms with Gasteiger partial charge in [0, 0.05) is 5.69 Å². The first-order valence-electron chi connectivity index (χ1n) is 10.1. The minimum absolute atomic E-state index is 0.149. The lowest BCUT2D eigenvalue weighted by molar-refractivity contribution is 0.224. The molecule has 2 amide bonds. The Morgan fingerprint density at radius 2 is 1.71 bits per heavy atom. The van der Waals surface area contributed by atoms with Crippen LogP contribution < -0.4 is 15.4 Å². The summed E-state index contributed by atoms with van der Waals surface area (Å²) >= 11 is 0. The van der Waals surface area contributed by atoms with E-state index in [2.05, 4.69) is 16.7 Å². The minimum atomic E-state index is -0.377. The van der Waals surface area contributed by atoms with Gasteiger partial charge in [-0.25, -0.2) is 4.79 Å². The van der Waals surface area contributed by atoms with Crippen molar-refractivity contribution in [2.45, 2.75) is 25.5 Å². The van der Waals surface area contributed by atoms with Crippen LogP contribution in [-0.4, -0.2) is 23.8 Å². The quantitative estimate of drug-likeness (QED) is 0.491. The lowest BCUT2D eigenvalue weighted by Gasteiger charge is -2.17. The molecule has 0 saturated carbocycles. The molecule has 0 aliphatic heterocycles. The highest BCUT2D eigenvalue weighted by atomic mass is 16.5. The van der Waals surface area contributed by atoms with Gasteiger partial charge in [0.15, 0.2) is 0 Å². The van der Waals surface area contributed by atoms with Gasteiger partial charge in [-0.15, -0.1) is 0 Å². The highest BCUT2D eigenvalue weighted by Crippen LogP contribution is 2.16. The average Bonchev–Trinajstić information content (AvgIpc) is 2.79. The van der Waals surface area contributed by atoms with Gasteiger partial charge in [-0.1, -0.05) is 54.6 Å². The van der Waals surface area contributed by atoms with Crippen LogP contribution >= 0.6 is 0 Å². The monoisotopic (exact) mass is 415 g/mol. The van der Waals surface area contributed by atoms with Crippen molar-refractivity contribution >= 4 is 11.7 Å². The largest absolute Gasteiger partial charge is 0.489 e. The van der Waals surface area contributed by atoms with Crippen LogP contribution in [0.4, 0.5) is 10.5 Å². The summed E-state index contributed by atoms with van der Waals surface area (Å²) in [6.45, 7) is 0.200. The topological polar surface area (TPSA) is 94.4 Å². The Morgan fingerprint density at radius 3 is 2.42 bits per heavy atom. The van der Waals surface area contributed by atoms with Gasteiger partial charge in [-0.3, -0.25) is 0 Å². The summed E-state index contributed by atoms with van der Waals surface area (Å²) in [5.41, 5.74) is 3.53. The lowest BCUT2D eigenvalue weighted by atomic mass is 10.1. The molecule has 3 aromatic carbocycles. The molecule has 1 atom stereocenters. The second-order valence-electron chi connectivity index (χ2n) is 7.14. The van der Waals surface area contributed by atoms with Gasteiger partial charge in [-0.05, 0) is 47.4 Å². The molecule has 0 aliphatic rings. The molecule has 0 bridgehead atoms. The van der Waals surface area contributed by atoms with Crippen LogP contribution in [0.15, 0.2) is 78.9 Å². The third-order valence-corrected chi connectivity index (χ3v) is 4.68. The number of amides is 2. The van der Waals surface area contributed by atoms with Crippen LogP contribution in [0.5, 0.6) is 5.75 Å². The van der Waals surface area contributed by atoms with Gasteiger partial charge in [0.2, 0.25) is 0 Å². The molecule has 6 nitrogen and oxygen atoms in total. The number of anilines is 1. The zero-order valence-electron chi connectivity index (χ0n) is 17.1. The number of hydrogen-bond acceptors (Lipinski definition) is 4. The summed E-state index contributed by atoms with van der Waals surface area (Å²) in [6.07, 6.45) is 0.921. The van der Waals surface area contributed by atoms with Crippen molar-refractivity contribution in [1.82, 2.24) is 5.32 Å². The van der Waals surface area contributed by atoms with Gasteiger partial charge in [-0.2, -0.15) is 5.26 Å². The number of aliphatic hydroxyl groups excluding tert-OH is 1. The van der Waals surface area contributed by atoms with Gasteiger partial charge < -0.3 is 20.5 Å². The Hall–Kier alpha value is -3.82. The normalized spacial score (nSPS) is 11.2. The number of rotatable bonds is 9. The zero-order valence-corrected chi connectivity index (χ0v) is 17.1. The smallest absolute Gasteiger partial charge is 0.319 e. The first-order chi connectivity index (χ1) is 15.2. The van der Waals surface area contributed by atoms with E-state index in [0.29, 0.717) is 30.9 Å². The fourth-order valence-electron chi connectivity index (χ4n) is 3.11. The van der Waals surface area contributed by atoms with Gasteiger partial charge >= 0.3 is 6.03 Å². The van der Waals surface area contributed by atoms with Gasteiger partial charge in [0.25, 0.3) is 0 Å². The molecule has 0 heterocycles. The van der Waals surface area contributed by atoms with Crippen LogP contribution in [-0.2, 0) is 19.4 Å². The number of nitriles is 1. The second-order valence-corrected chi connectivity index (χ2v) is 7.14. The molecule has 3 rings (SSSR count). The Bertz CT molecular complexity index is 1010. The summed E-state index contributed by atoms with van der Waals surface area (Å²) in [5, 5.41) is 23.9. The van der Waals surface area contributed by atoms with Crippen molar-refractivity contribution in [3.05, 3.63) is 95.6 Å². The average molecular weight is 415 g/mol. The van der Waals surface area contributed by atoms with E-state index in [1.165, 1.54) is 0 Å². The number of nitrogens with zero attached hydrogens (tertiary/aromatic N) is 1. The maximum absolute atomic E-state index is 12.4. The number of benzene rings is 3. The number of carbonyl (C=O) groups excluding carboxylic acids is 1. The first kappa shape index (κ1) is 21.9. The van der Waals surface area contributed by atoms with Crippen molar-refractivity contribution in [3.8, 4) is 11.8 Å². The van der Waals surface area contributed by atoms with Gasteiger partial charge in [0.05, 0.1) is 25.1 Å². The summed E-state index contributed by atoms with van der Waals surface area (Å²) in [4.78, 5) is 12.4. The molecule has 0 aromatic heterocycles. The summed E-state index contributed by atoms with van der Waals surface area (Å²) < 4.78 is 5.79. The van der Waals surface area contributed by atoms with Crippen molar-refractivity contribution in [2.24, 2.45) is 0 Å². The van der Waals surface area contributed by atoms with E-state index < -0.39 is 0 Å². The number of carbonyl (C=O) groups is 1. The van der Waals surface area contributed by atoms with Gasteiger partial charge in [0.1, 0.15) is 12.4 Å². The fourth-order valence-corrected chi connectivity index (χ4v) is 3.11.